The maximum absolute atomic E-state index is 5.84. The van der Waals surface area contributed by atoms with Gasteiger partial charge in [0.1, 0.15) is 0 Å². The quantitative estimate of drug-likeness (QED) is 0.540. The van der Waals surface area contributed by atoms with Crippen molar-refractivity contribution < 1.29 is 0 Å². The molecule has 58 valence electrons. The van der Waals surface area contributed by atoms with Crippen LogP contribution < -0.4 is 5.73 Å². The Balaban J connectivity index is 0.000000188. The van der Waals surface area contributed by atoms with Crippen molar-refractivity contribution in [3.05, 3.63) is 0 Å². The molecule has 0 bridgehead atoms. The molecule has 3 saturated carbocycles. The topological polar surface area (TPSA) is 26.0 Å². The van der Waals surface area contributed by atoms with Crippen LogP contribution in [0, 0.1) is 29.6 Å². The average molecular weight is 139 g/mol. The first-order valence-corrected chi connectivity index (χ1v) is 4.58. The van der Waals surface area contributed by atoms with Crippen LogP contribution in [0.3, 0.4) is 0 Å². The van der Waals surface area contributed by atoms with Gasteiger partial charge >= 0.3 is 0 Å². The summed E-state index contributed by atoms with van der Waals surface area (Å²) in [4.78, 5) is 0. The molecule has 0 aromatic rings. The van der Waals surface area contributed by atoms with Crippen molar-refractivity contribution in [2.45, 2.75) is 26.8 Å². The summed E-state index contributed by atoms with van der Waals surface area (Å²) in [5.74, 6) is 5.18. The van der Waals surface area contributed by atoms with E-state index in [0.717, 1.165) is 29.6 Å². The lowest BCUT2D eigenvalue weighted by molar-refractivity contribution is 0.120. The molecule has 0 radical (unpaired) electrons. The first kappa shape index (κ1) is 6.66. The second-order valence-corrected chi connectivity index (χ2v) is 3.75. The molecule has 0 amide bonds. The second-order valence-electron chi connectivity index (χ2n) is 3.75. The van der Waals surface area contributed by atoms with Crippen LogP contribution >= 0.6 is 0 Å². The zero-order chi connectivity index (χ0) is 7.46. The predicted octanol–water partition coefficient (Wildman–Crippen LogP) is 1.48. The van der Waals surface area contributed by atoms with Gasteiger partial charge in [-0.05, 0) is 29.6 Å². The highest BCUT2D eigenvalue weighted by molar-refractivity contribution is 5.29. The molecule has 6 atom stereocenters. The van der Waals surface area contributed by atoms with E-state index in [1.807, 2.05) is 13.8 Å². The van der Waals surface area contributed by atoms with Gasteiger partial charge in [0.2, 0.25) is 0 Å². The first-order valence-electron chi connectivity index (χ1n) is 4.58. The Morgan fingerprint density at radius 2 is 1.50 bits per heavy atom. The van der Waals surface area contributed by atoms with E-state index in [1.165, 1.54) is 0 Å². The van der Waals surface area contributed by atoms with E-state index < -0.39 is 0 Å². The van der Waals surface area contributed by atoms with Gasteiger partial charge in [-0.2, -0.15) is 0 Å². The van der Waals surface area contributed by atoms with E-state index in [0.29, 0.717) is 6.04 Å². The molecule has 3 fully saturated rings. The molecule has 0 aromatic carbocycles. The SMILES string of the molecule is CC.CC1C2C(N)[C@H]3C1C23. The summed E-state index contributed by atoms with van der Waals surface area (Å²) in [6.45, 7) is 6.36. The van der Waals surface area contributed by atoms with E-state index in [2.05, 4.69) is 6.92 Å². The largest absolute Gasteiger partial charge is 0.327 e. The standard InChI is InChI=1S/C7H11N.C2H6/c1-2-3-5-4(2)7(8)6(3)5;1-2/h2-7H,8H2,1H3;1-2H3/t2?,3?,4?,5?,6-,7?;/m0./s1. The zero-order valence-electron chi connectivity index (χ0n) is 7.04. The highest BCUT2D eigenvalue weighted by Crippen LogP contribution is 2.79. The van der Waals surface area contributed by atoms with Gasteiger partial charge < -0.3 is 5.73 Å². The molecule has 0 spiro atoms. The van der Waals surface area contributed by atoms with Crippen molar-refractivity contribution in [1.29, 1.82) is 0 Å². The summed E-state index contributed by atoms with van der Waals surface area (Å²) in [6, 6.07) is 0.625. The highest BCUT2D eigenvalue weighted by atomic mass is 14.9. The molecule has 3 aliphatic rings. The number of hydrogen-bond donors (Lipinski definition) is 1. The van der Waals surface area contributed by atoms with Crippen LogP contribution in [-0.2, 0) is 0 Å². The molecule has 0 heterocycles. The van der Waals surface area contributed by atoms with Crippen molar-refractivity contribution >= 4 is 0 Å². The minimum absolute atomic E-state index is 0.625. The fourth-order valence-electron chi connectivity index (χ4n) is 3.29. The van der Waals surface area contributed by atoms with Crippen molar-refractivity contribution in [2.24, 2.45) is 35.3 Å². The lowest BCUT2D eigenvalue weighted by Gasteiger charge is -2.39. The Hall–Kier alpha value is -0.0400. The van der Waals surface area contributed by atoms with Crippen LogP contribution in [0.15, 0.2) is 0 Å². The minimum atomic E-state index is 0.625. The van der Waals surface area contributed by atoms with Gasteiger partial charge in [0.25, 0.3) is 0 Å². The van der Waals surface area contributed by atoms with E-state index in [1.54, 1.807) is 0 Å². The Morgan fingerprint density at radius 1 is 0.900 bits per heavy atom. The summed E-state index contributed by atoms with van der Waals surface area (Å²) in [5, 5.41) is 0. The van der Waals surface area contributed by atoms with Crippen LogP contribution in [0.4, 0.5) is 0 Å². The molecule has 3 aliphatic carbocycles. The van der Waals surface area contributed by atoms with Crippen molar-refractivity contribution in [2.75, 3.05) is 0 Å². The molecule has 1 heteroatoms. The molecule has 0 saturated heterocycles. The van der Waals surface area contributed by atoms with Crippen LogP contribution in [0.25, 0.3) is 0 Å². The fourth-order valence-corrected chi connectivity index (χ4v) is 3.29. The molecule has 0 aromatic heterocycles. The van der Waals surface area contributed by atoms with Crippen LogP contribution in [0.2, 0.25) is 0 Å². The van der Waals surface area contributed by atoms with Gasteiger partial charge in [-0.1, -0.05) is 20.8 Å². The molecule has 2 N–H and O–H groups in total. The molecule has 10 heavy (non-hydrogen) atoms. The maximum Gasteiger partial charge on any atom is 0.0107 e. The zero-order valence-corrected chi connectivity index (χ0v) is 7.04. The third kappa shape index (κ3) is 0.430. The maximum atomic E-state index is 5.84. The van der Waals surface area contributed by atoms with E-state index in [9.17, 15) is 0 Å². The number of hydrogen-bond acceptors (Lipinski definition) is 1. The first-order chi connectivity index (χ1) is 4.82. The predicted molar refractivity (Wildman–Crippen MR) is 42.4 cm³/mol. The monoisotopic (exact) mass is 139 g/mol. The average Bonchev–Trinajstić information content (AvgIpc) is 2.46. The summed E-state index contributed by atoms with van der Waals surface area (Å²) in [6.07, 6.45) is 0. The number of nitrogens with two attached hydrogens (primary N) is 1. The Kier molecular flexibility index (Phi) is 1.17. The summed E-state index contributed by atoms with van der Waals surface area (Å²) in [5.41, 5.74) is 5.84. The Morgan fingerprint density at radius 3 is 1.60 bits per heavy atom. The van der Waals surface area contributed by atoms with Crippen molar-refractivity contribution in [3.63, 3.8) is 0 Å². The fraction of sp³-hybridized carbons (Fsp3) is 1.00. The molecule has 1 nitrogen and oxygen atoms in total. The molecule has 5 unspecified atom stereocenters. The summed E-state index contributed by atoms with van der Waals surface area (Å²) >= 11 is 0. The van der Waals surface area contributed by atoms with Gasteiger partial charge in [0.15, 0.2) is 0 Å². The lowest BCUT2D eigenvalue weighted by atomic mass is 9.69. The second kappa shape index (κ2) is 1.76. The van der Waals surface area contributed by atoms with Gasteiger partial charge in [0, 0.05) is 6.04 Å². The highest BCUT2D eigenvalue weighted by Gasteiger charge is 2.79. The van der Waals surface area contributed by atoms with Crippen LogP contribution in [-0.4, -0.2) is 6.04 Å². The minimum Gasteiger partial charge on any atom is -0.327 e. The van der Waals surface area contributed by atoms with Gasteiger partial charge in [-0.15, -0.1) is 0 Å². The Bertz CT molecular complexity index is 135. The third-order valence-corrected chi connectivity index (χ3v) is 3.74. The van der Waals surface area contributed by atoms with Crippen molar-refractivity contribution in [3.8, 4) is 0 Å². The Labute approximate surface area is 63.0 Å². The normalized spacial score (nSPS) is 66.0. The van der Waals surface area contributed by atoms with E-state index in [4.69, 9.17) is 5.73 Å². The van der Waals surface area contributed by atoms with E-state index in [-0.39, 0.29) is 0 Å². The summed E-state index contributed by atoms with van der Waals surface area (Å²) in [7, 11) is 0. The molecule has 3 rings (SSSR count). The molecular formula is C9H17N. The van der Waals surface area contributed by atoms with E-state index >= 15 is 0 Å². The van der Waals surface area contributed by atoms with Crippen molar-refractivity contribution in [1.82, 2.24) is 0 Å². The van der Waals surface area contributed by atoms with Gasteiger partial charge in [0.05, 0.1) is 0 Å². The molecular weight excluding hydrogens is 122 g/mol. The van der Waals surface area contributed by atoms with Crippen LogP contribution in [0.1, 0.15) is 20.8 Å². The number of rotatable bonds is 0. The summed E-state index contributed by atoms with van der Waals surface area (Å²) < 4.78 is 0. The van der Waals surface area contributed by atoms with Gasteiger partial charge in [-0.3, -0.25) is 0 Å². The lowest BCUT2D eigenvalue weighted by Crippen LogP contribution is -2.46. The molecule has 0 aliphatic heterocycles. The number of fused-ring (bicyclic) bond motifs is 1. The van der Waals surface area contributed by atoms with Crippen LogP contribution in [0.5, 0.6) is 0 Å². The third-order valence-electron chi connectivity index (χ3n) is 3.74. The smallest absolute Gasteiger partial charge is 0.0107 e. The van der Waals surface area contributed by atoms with Gasteiger partial charge in [-0.25, -0.2) is 0 Å².